The lowest BCUT2D eigenvalue weighted by Gasteiger charge is -2.22. The summed E-state index contributed by atoms with van der Waals surface area (Å²) in [6.07, 6.45) is -2.02. The maximum atomic E-state index is 14.2. The van der Waals surface area contributed by atoms with Gasteiger partial charge in [-0.05, 0) is 70.8 Å². The average molecular weight is 815 g/mol. The van der Waals surface area contributed by atoms with Gasteiger partial charge < -0.3 is 9.68 Å². The minimum Gasteiger partial charge on any atom is -0.385 e. The summed E-state index contributed by atoms with van der Waals surface area (Å²) in [5.74, 6) is -0.569. The van der Waals surface area contributed by atoms with Gasteiger partial charge in [0.25, 0.3) is 0 Å². The Morgan fingerprint density at radius 3 is 1.04 bits per heavy atom. The molecule has 4 unspecified atom stereocenters. The van der Waals surface area contributed by atoms with Gasteiger partial charge in [0.2, 0.25) is 0 Å². The van der Waals surface area contributed by atoms with Gasteiger partial charge in [0, 0.05) is 31.2 Å². The lowest BCUT2D eigenvalue weighted by Crippen LogP contribution is -2.35. The molecule has 4 atom stereocenters. The van der Waals surface area contributed by atoms with E-state index in [0.29, 0.717) is 53.5 Å². The zero-order valence-electron chi connectivity index (χ0n) is 26.9. The summed E-state index contributed by atoms with van der Waals surface area (Å²) in [4.78, 5) is 11.8. The lowest BCUT2D eigenvalue weighted by molar-refractivity contribution is 0.0845. The van der Waals surface area contributed by atoms with Gasteiger partial charge in [-0.2, -0.15) is 0 Å². The van der Waals surface area contributed by atoms with E-state index >= 15 is 0 Å². The molecule has 2 aliphatic rings. The number of sulfone groups is 2. The van der Waals surface area contributed by atoms with Crippen LogP contribution in [0.3, 0.4) is 0 Å². The van der Waals surface area contributed by atoms with Crippen molar-refractivity contribution in [2.24, 2.45) is 10.3 Å². The van der Waals surface area contributed by atoms with E-state index in [1.165, 1.54) is 0 Å². The molecule has 0 aromatic heterocycles. The average Bonchev–Trinajstić information content (AvgIpc) is 3.78. The number of nitrogens with zero attached hydrogens (tertiary/aromatic N) is 2. The molecule has 0 spiro atoms. The monoisotopic (exact) mass is 812 g/mol. The number of hydrogen-bond donors (Lipinski definition) is 0. The highest BCUT2D eigenvalue weighted by Gasteiger charge is 2.47. The number of oxime groups is 2. The quantitative estimate of drug-likeness (QED) is 0.139. The number of hydrogen-bond acceptors (Lipinski definition) is 8. The van der Waals surface area contributed by atoms with Crippen LogP contribution in [0.4, 0.5) is 0 Å². The normalized spacial score (nSPS) is 20.2. The zero-order valence-corrected chi connectivity index (χ0v) is 31.6. The number of rotatable bonds is 10. The molecule has 0 N–H and O–H groups in total. The Morgan fingerprint density at radius 2 is 0.731 bits per heavy atom. The molecule has 0 saturated heterocycles. The maximum absolute atomic E-state index is 14.2. The van der Waals surface area contributed by atoms with E-state index in [4.69, 9.17) is 56.1 Å². The summed E-state index contributed by atoms with van der Waals surface area (Å²) < 4.78 is 56.7. The van der Waals surface area contributed by atoms with Crippen LogP contribution in [0.25, 0.3) is 0 Å². The van der Waals surface area contributed by atoms with Crippen LogP contribution in [0.15, 0.2) is 132 Å². The van der Waals surface area contributed by atoms with E-state index in [1.807, 2.05) is 0 Å². The van der Waals surface area contributed by atoms with Crippen molar-refractivity contribution in [3.05, 3.63) is 175 Å². The SMILES string of the molecule is O=S(=O)(Cc1ccc(Cl)cc1)C1C(c2ccc(Cl)cc2)=NOC1c1ccc(C2ON=C(c3ccc(Cl)cc3)C2S(=O)(=O)Cc2ccc(Cl)cc2)cc1. The van der Waals surface area contributed by atoms with E-state index in [-0.39, 0.29) is 22.9 Å². The van der Waals surface area contributed by atoms with Crippen LogP contribution in [-0.4, -0.2) is 38.8 Å². The summed E-state index contributed by atoms with van der Waals surface area (Å²) in [6.45, 7) is 0. The smallest absolute Gasteiger partial charge is 0.175 e. The van der Waals surface area contributed by atoms with Crippen LogP contribution in [0.5, 0.6) is 0 Å². The first-order chi connectivity index (χ1) is 24.9. The largest absolute Gasteiger partial charge is 0.385 e. The fraction of sp³-hybridized carbons (Fsp3) is 0.158. The summed E-state index contributed by atoms with van der Waals surface area (Å²) in [6, 6.07) is 33.4. The first kappa shape index (κ1) is 36.5. The molecule has 0 amide bonds. The molecule has 0 fully saturated rings. The van der Waals surface area contributed by atoms with Gasteiger partial charge in [-0.25, -0.2) is 16.8 Å². The molecule has 2 aliphatic heterocycles. The summed E-state index contributed by atoms with van der Waals surface area (Å²) >= 11 is 24.4. The Kier molecular flexibility index (Phi) is 10.4. The van der Waals surface area contributed by atoms with Crippen LogP contribution in [-0.2, 0) is 40.9 Å². The Labute approximate surface area is 321 Å². The lowest BCUT2D eigenvalue weighted by atomic mass is 9.96. The van der Waals surface area contributed by atoms with E-state index < -0.39 is 42.4 Å². The van der Waals surface area contributed by atoms with E-state index in [2.05, 4.69) is 10.3 Å². The fourth-order valence-corrected chi connectivity index (χ4v) is 10.7. The number of benzene rings is 5. The number of halogens is 4. The topological polar surface area (TPSA) is 111 Å². The van der Waals surface area contributed by atoms with Crippen LogP contribution in [0.1, 0.15) is 45.6 Å². The molecule has 5 aromatic rings. The second-order valence-electron chi connectivity index (χ2n) is 12.4. The molecule has 266 valence electrons. The van der Waals surface area contributed by atoms with Crippen molar-refractivity contribution in [3.8, 4) is 0 Å². The predicted octanol–water partition coefficient (Wildman–Crippen LogP) is 9.22. The summed E-state index contributed by atoms with van der Waals surface area (Å²) in [7, 11) is -7.86. The molecular formula is C38H28Cl4N2O6S2. The minimum absolute atomic E-state index is 0.244. The molecule has 0 aliphatic carbocycles. The zero-order chi connectivity index (χ0) is 36.6. The molecule has 0 bridgehead atoms. The molecule has 2 heterocycles. The second-order valence-corrected chi connectivity index (χ2v) is 18.4. The fourth-order valence-electron chi connectivity index (χ4n) is 6.27. The highest BCUT2D eigenvalue weighted by Crippen LogP contribution is 2.40. The maximum Gasteiger partial charge on any atom is 0.175 e. The summed E-state index contributed by atoms with van der Waals surface area (Å²) in [5, 5.41) is 8.14. The van der Waals surface area contributed by atoms with E-state index in [1.54, 1.807) is 121 Å². The summed E-state index contributed by atoms with van der Waals surface area (Å²) in [5.41, 5.74) is 3.73. The van der Waals surface area contributed by atoms with Gasteiger partial charge >= 0.3 is 0 Å². The molecule has 7 rings (SSSR count). The first-order valence-electron chi connectivity index (χ1n) is 15.9. The standard InChI is InChI=1S/C38H28Cl4N2O6S2/c39-29-13-1-23(2-14-29)21-51(45,46)37-33(25-9-17-31(41)18-10-25)43-49-35(37)27-5-7-28(8-6-27)36-38(34(44-50-36)26-11-19-32(42)20-12-26)52(47,48)22-24-3-15-30(40)16-4-24/h1-20,35-38H,21-22H2. The van der Waals surface area contributed by atoms with Crippen molar-refractivity contribution in [2.45, 2.75) is 34.2 Å². The van der Waals surface area contributed by atoms with Crippen molar-refractivity contribution in [1.82, 2.24) is 0 Å². The van der Waals surface area contributed by atoms with Gasteiger partial charge in [-0.3, -0.25) is 0 Å². The highest BCUT2D eigenvalue weighted by atomic mass is 35.5. The van der Waals surface area contributed by atoms with Crippen molar-refractivity contribution in [1.29, 1.82) is 0 Å². The molecule has 52 heavy (non-hydrogen) atoms. The molecule has 8 nitrogen and oxygen atoms in total. The van der Waals surface area contributed by atoms with E-state index in [9.17, 15) is 16.8 Å². The third-order valence-corrected chi connectivity index (χ3v) is 13.8. The van der Waals surface area contributed by atoms with Crippen molar-refractivity contribution >= 4 is 77.5 Å². The Balaban J connectivity index is 1.22. The van der Waals surface area contributed by atoms with Crippen molar-refractivity contribution in [3.63, 3.8) is 0 Å². The second kappa shape index (κ2) is 14.9. The van der Waals surface area contributed by atoms with Gasteiger partial charge in [0.1, 0.15) is 11.4 Å². The van der Waals surface area contributed by atoms with Crippen LogP contribution in [0, 0.1) is 0 Å². The molecule has 14 heteroatoms. The molecule has 0 radical (unpaired) electrons. The van der Waals surface area contributed by atoms with Crippen LogP contribution >= 0.6 is 46.4 Å². The minimum atomic E-state index is -3.93. The van der Waals surface area contributed by atoms with Crippen molar-refractivity contribution in [2.75, 3.05) is 0 Å². The predicted molar refractivity (Wildman–Crippen MR) is 206 cm³/mol. The van der Waals surface area contributed by atoms with Crippen LogP contribution in [0.2, 0.25) is 20.1 Å². The van der Waals surface area contributed by atoms with Gasteiger partial charge in [0.15, 0.2) is 42.4 Å². The van der Waals surface area contributed by atoms with Gasteiger partial charge in [-0.15, -0.1) is 0 Å². The van der Waals surface area contributed by atoms with E-state index in [0.717, 1.165) is 0 Å². The van der Waals surface area contributed by atoms with Crippen molar-refractivity contribution < 1.29 is 26.5 Å². The molecule has 0 saturated carbocycles. The molecular weight excluding hydrogens is 786 g/mol. The van der Waals surface area contributed by atoms with Gasteiger partial charge in [-0.1, -0.05) is 130 Å². The Bertz CT molecular complexity index is 2200. The molecule has 5 aromatic carbocycles. The third-order valence-electron chi connectivity index (χ3n) is 8.83. The Morgan fingerprint density at radius 1 is 0.442 bits per heavy atom. The highest BCUT2D eigenvalue weighted by molar-refractivity contribution is 7.92. The Hall–Kier alpha value is -3.90. The van der Waals surface area contributed by atoms with Gasteiger partial charge in [0.05, 0.1) is 11.5 Å². The first-order valence-corrected chi connectivity index (χ1v) is 20.8. The third kappa shape index (κ3) is 7.74. The van der Waals surface area contributed by atoms with Crippen LogP contribution < -0.4 is 0 Å².